The Kier molecular flexibility index (Phi) is 5.14. The molecule has 0 aliphatic carbocycles. The first kappa shape index (κ1) is 20.8. The molecule has 0 saturated heterocycles. The Hall–Kier alpha value is -4.05. The first-order chi connectivity index (χ1) is 15.9. The molecular formula is C23H14F3N5OS. The summed E-state index contributed by atoms with van der Waals surface area (Å²) in [4.78, 5) is 21.1. The SMILES string of the molecule is O=C(Nc1nc(-c2cccc3ccccc23)cs1)c1cnn(-c2ccccn2)c1C(F)(F)F. The van der Waals surface area contributed by atoms with E-state index in [1.807, 2.05) is 42.5 Å². The summed E-state index contributed by atoms with van der Waals surface area (Å²) >= 11 is 1.13. The van der Waals surface area contributed by atoms with Crippen molar-refractivity contribution in [3.05, 3.63) is 89.7 Å². The number of nitrogens with one attached hydrogen (secondary N) is 1. The van der Waals surface area contributed by atoms with Gasteiger partial charge in [-0.2, -0.15) is 18.3 Å². The molecule has 2 aromatic carbocycles. The minimum atomic E-state index is -4.82. The van der Waals surface area contributed by atoms with Gasteiger partial charge in [-0.1, -0.05) is 48.5 Å². The van der Waals surface area contributed by atoms with Gasteiger partial charge >= 0.3 is 6.18 Å². The molecule has 0 saturated carbocycles. The molecule has 1 amide bonds. The van der Waals surface area contributed by atoms with Crippen molar-refractivity contribution < 1.29 is 18.0 Å². The molecule has 0 bridgehead atoms. The van der Waals surface area contributed by atoms with Crippen LogP contribution in [0.3, 0.4) is 0 Å². The summed E-state index contributed by atoms with van der Waals surface area (Å²) in [6.45, 7) is 0. The van der Waals surface area contributed by atoms with Crippen LogP contribution >= 0.6 is 11.3 Å². The third kappa shape index (κ3) is 3.96. The van der Waals surface area contributed by atoms with Crippen LogP contribution in [0.5, 0.6) is 0 Å². The van der Waals surface area contributed by atoms with Crippen LogP contribution in [0.15, 0.2) is 78.4 Å². The summed E-state index contributed by atoms with van der Waals surface area (Å²) in [6, 6.07) is 18.1. The highest BCUT2D eigenvalue weighted by Crippen LogP contribution is 2.35. The number of hydrogen-bond acceptors (Lipinski definition) is 5. The van der Waals surface area contributed by atoms with Crippen molar-refractivity contribution in [1.82, 2.24) is 19.7 Å². The zero-order chi connectivity index (χ0) is 23.0. The third-order valence-corrected chi connectivity index (χ3v) is 5.70. The maximum Gasteiger partial charge on any atom is 0.434 e. The van der Waals surface area contributed by atoms with E-state index in [9.17, 15) is 18.0 Å². The molecule has 1 N–H and O–H groups in total. The van der Waals surface area contributed by atoms with Crippen molar-refractivity contribution >= 4 is 33.1 Å². The number of rotatable bonds is 4. The number of amides is 1. The molecule has 5 aromatic rings. The van der Waals surface area contributed by atoms with Crippen molar-refractivity contribution in [1.29, 1.82) is 0 Å². The van der Waals surface area contributed by atoms with Crippen molar-refractivity contribution in [2.75, 3.05) is 5.32 Å². The first-order valence-corrected chi connectivity index (χ1v) is 10.6. The molecule has 3 heterocycles. The van der Waals surface area contributed by atoms with Crippen LogP contribution in [0.1, 0.15) is 16.1 Å². The van der Waals surface area contributed by atoms with Crippen LogP contribution in [0.25, 0.3) is 27.8 Å². The molecule has 3 aromatic heterocycles. The van der Waals surface area contributed by atoms with Crippen LogP contribution in [-0.4, -0.2) is 25.7 Å². The van der Waals surface area contributed by atoms with E-state index in [2.05, 4.69) is 20.4 Å². The van der Waals surface area contributed by atoms with Crippen molar-refractivity contribution in [2.24, 2.45) is 0 Å². The standard InChI is InChI=1S/C23H14F3N5OS/c24-23(25,26)20-17(12-28-31(20)19-10-3-4-11-27-19)21(32)30-22-29-18(13-33-22)16-9-5-7-14-6-1-2-8-15(14)16/h1-13H,(H,29,30,32). The molecule has 0 atom stereocenters. The van der Waals surface area contributed by atoms with Crippen LogP contribution in [0.2, 0.25) is 0 Å². The molecule has 0 aliphatic heterocycles. The minimum Gasteiger partial charge on any atom is -0.298 e. The van der Waals surface area contributed by atoms with Crippen molar-refractivity contribution in [3.63, 3.8) is 0 Å². The third-order valence-electron chi connectivity index (χ3n) is 4.94. The first-order valence-electron chi connectivity index (χ1n) is 9.73. The molecule has 0 radical (unpaired) electrons. The molecule has 0 unspecified atom stereocenters. The average molecular weight is 465 g/mol. The summed E-state index contributed by atoms with van der Waals surface area (Å²) in [5, 5.41) is 10.2. The van der Waals surface area contributed by atoms with Gasteiger partial charge in [0.05, 0.1) is 17.5 Å². The fourth-order valence-corrected chi connectivity index (χ4v) is 4.21. The fraction of sp³-hybridized carbons (Fsp3) is 0.0435. The summed E-state index contributed by atoms with van der Waals surface area (Å²) in [5.74, 6) is -1.00. The number of thiazole rings is 1. The van der Waals surface area contributed by atoms with E-state index in [0.29, 0.717) is 10.4 Å². The highest BCUT2D eigenvalue weighted by molar-refractivity contribution is 7.14. The highest BCUT2D eigenvalue weighted by Gasteiger charge is 2.41. The maximum atomic E-state index is 13.8. The average Bonchev–Trinajstić information content (AvgIpc) is 3.47. The topological polar surface area (TPSA) is 72.7 Å². The zero-order valence-corrected chi connectivity index (χ0v) is 17.6. The normalized spacial score (nSPS) is 11.6. The van der Waals surface area contributed by atoms with Gasteiger partial charge < -0.3 is 0 Å². The Morgan fingerprint density at radius 1 is 1.00 bits per heavy atom. The zero-order valence-electron chi connectivity index (χ0n) is 16.7. The van der Waals surface area contributed by atoms with Gasteiger partial charge in [0.15, 0.2) is 16.6 Å². The lowest BCUT2D eigenvalue weighted by molar-refractivity contribution is -0.143. The lowest BCUT2D eigenvalue weighted by atomic mass is 10.0. The molecule has 33 heavy (non-hydrogen) atoms. The van der Waals surface area contributed by atoms with E-state index >= 15 is 0 Å². The predicted molar refractivity (Wildman–Crippen MR) is 119 cm³/mol. The number of alkyl halides is 3. The molecule has 0 aliphatic rings. The Balaban J connectivity index is 1.47. The van der Waals surface area contributed by atoms with Crippen LogP contribution < -0.4 is 5.32 Å². The Bertz CT molecular complexity index is 1450. The maximum absolute atomic E-state index is 13.8. The number of fused-ring (bicyclic) bond motifs is 1. The number of nitrogens with zero attached hydrogens (tertiary/aromatic N) is 4. The van der Waals surface area contributed by atoms with Crippen molar-refractivity contribution in [2.45, 2.75) is 6.18 Å². The molecule has 5 rings (SSSR count). The van der Waals surface area contributed by atoms with Crippen LogP contribution in [0.4, 0.5) is 18.3 Å². The number of hydrogen-bond donors (Lipinski definition) is 1. The van der Waals surface area contributed by atoms with E-state index in [0.717, 1.165) is 33.9 Å². The molecule has 0 fully saturated rings. The van der Waals surface area contributed by atoms with Gasteiger partial charge in [-0.3, -0.25) is 10.1 Å². The van der Waals surface area contributed by atoms with Gasteiger partial charge in [0.25, 0.3) is 5.91 Å². The van der Waals surface area contributed by atoms with Crippen molar-refractivity contribution in [3.8, 4) is 17.1 Å². The lowest BCUT2D eigenvalue weighted by Gasteiger charge is -2.11. The van der Waals surface area contributed by atoms with E-state index in [4.69, 9.17) is 0 Å². The van der Waals surface area contributed by atoms with Gasteiger partial charge in [-0.15, -0.1) is 11.3 Å². The number of aromatic nitrogens is 4. The van der Waals surface area contributed by atoms with E-state index in [1.54, 1.807) is 11.4 Å². The highest BCUT2D eigenvalue weighted by atomic mass is 32.1. The molecular weight excluding hydrogens is 451 g/mol. The summed E-state index contributed by atoms with van der Waals surface area (Å²) in [6.07, 6.45) is -2.59. The number of pyridine rings is 1. The second kappa shape index (κ2) is 8.14. The molecule has 0 spiro atoms. The summed E-state index contributed by atoms with van der Waals surface area (Å²) < 4.78 is 42.1. The lowest BCUT2D eigenvalue weighted by Crippen LogP contribution is -2.21. The van der Waals surface area contributed by atoms with Gasteiger partial charge in [0, 0.05) is 17.1 Å². The quantitative estimate of drug-likeness (QED) is 0.363. The van der Waals surface area contributed by atoms with E-state index in [-0.39, 0.29) is 10.9 Å². The number of carbonyl (C=O) groups is 1. The van der Waals surface area contributed by atoms with Gasteiger partial charge in [0.1, 0.15) is 0 Å². The smallest absolute Gasteiger partial charge is 0.298 e. The predicted octanol–water partition coefficient (Wildman–Crippen LogP) is 5.82. The summed E-state index contributed by atoms with van der Waals surface area (Å²) in [7, 11) is 0. The second-order valence-electron chi connectivity index (χ2n) is 7.02. The largest absolute Gasteiger partial charge is 0.434 e. The van der Waals surface area contributed by atoms with Crippen LogP contribution in [-0.2, 0) is 6.18 Å². The van der Waals surface area contributed by atoms with Gasteiger partial charge in [-0.05, 0) is 22.9 Å². The Morgan fingerprint density at radius 3 is 2.58 bits per heavy atom. The van der Waals surface area contributed by atoms with E-state index < -0.39 is 23.3 Å². The minimum absolute atomic E-state index is 0.0450. The monoisotopic (exact) mass is 465 g/mol. The fourth-order valence-electron chi connectivity index (χ4n) is 3.51. The number of carbonyl (C=O) groups excluding carboxylic acids is 1. The Morgan fingerprint density at radius 2 is 1.79 bits per heavy atom. The summed E-state index contributed by atoms with van der Waals surface area (Å²) in [5.41, 5.74) is -0.337. The van der Waals surface area contributed by atoms with Gasteiger partial charge in [-0.25, -0.2) is 14.6 Å². The number of anilines is 1. The number of halogens is 3. The molecule has 6 nitrogen and oxygen atoms in total. The second-order valence-corrected chi connectivity index (χ2v) is 7.88. The van der Waals surface area contributed by atoms with E-state index in [1.165, 1.54) is 18.3 Å². The molecule has 164 valence electrons. The molecule has 10 heteroatoms. The Labute approximate surface area is 189 Å². The van der Waals surface area contributed by atoms with Crippen LogP contribution in [0, 0.1) is 0 Å². The van der Waals surface area contributed by atoms with Gasteiger partial charge in [0.2, 0.25) is 0 Å². The number of benzene rings is 2.